The van der Waals surface area contributed by atoms with Crippen LogP contribution in [0.3, 0.4) is 0 Å². The van der Waals surface area contributed by atoms with Gasteiger partial charge >= 0.3 is 0 Å². The minimum absolute atomic E-state index is 0.639. The molecule has 98 valence electrons. The van der Waals surface area contributed by atoms with E-state index in [-0.39, 0.29) is 0 Å². The molecule has 0 atom stereocenters. The highest BCUT2D eigenvalue weighted by molar-refractivity contribution is 5.59. The summed E-state index contributed by atoms with van der Waals surface area (Å²) in [5.74, 6) is 2.38. The van der Waals surface area contributed by atoms with Crippen LogP contribution in [0.1, 0.15) is 35.6 Å². The summed E-state index contributed by atoms with van der Waals surface area (Å²) in [7, 11) is 1.91. The first-order valence-corrected chi connectivity index (χ1v) is 6.81. The van der Waals surface area contributed by atoms with Crippen molar-refractivity contribution in [2.24, 2.45) is 0 Å². The van der Waals surface area contributed by atoms with E-state index < -0.39 is 0 Å². The number of nitrogens with zero attached hydrogens (tertiary/aromatic N) is 2. The molecule has 1 saturated carbocycles. The average molecular weight is 253 g/mol. The fourth-order valence-electron chi connectivity index (χ4n) is 2.19. The molecule has 0 bridgehead atoms. The molecule has 0 amide bonds. The minimum Gasteiger partial charge on any atom is -0.373 e. The van der Waals surface area contributed by atoms with Crippen LogP contribution in [0, 0.1) is 13.8 Å². The molecule has 1 aromatic heterocycles. The fraction of sp³-hybridized carbons (Fsp3) is 0.375. The van der Waals surface area contributed by atoms with Gasteiger partial charge in [-0.1, -0.05) is 12.1 Å². The summed E-state index contributed by atoms with van der Waals surface area (Å²) in [4.78, 5) is 9.31. The molecule has 1 fully saturated rings. The quantitative estimate of drug-likeness (QED) is 0.906. The van der Waals surface area contributed by atoms with Crippen LogP contribution >= 0.6 is 0 Å². The van der Waals surface area contributed by atoms with E-state index >= 15 is 0 Å². The zero-order valence-corrected chi connectivity index (χ0v) is 11.7. The summed E-state index contributed by atoms with van der Waals surface area (Å²) in [5, 5.41) is 3.14. The van der Waals surface area contributed by atoms with Crippen molar-refractivity contribution in [1.29, 1.82) is 0 Å². The monoisotopic (exact) mass is 253 g/mol. The van der Waals surface area contributed by atoms with E-state index in [9.17, 15) is 0 Å². The van der Waals surface area contributed by atoms with Crippen molar-refractivity contribution in [2.45, 2.75) is 32.6 Å². The van der Waals surface area contributed by atoms with Crippen molar-refractivity contribution < 1.29 is 0 Å². The lowest BCUT2D eigenvalue weighted by atomic mass is 10.1. The highest BCUT2D eigenvalue weighted by Crippen LogP contribution is 2.40. The van der Waals surface area contributed by atoms with E-state index in [0.29, 0.717) is 5.92 Å². The van der Waals surface area contributed by atoms with Gasteiger partial charge in [-0.2, -0.15) is 0 Å². The van der Waals surface area contributed by atoms with E-state index in [1.54, 1.807) is 0 Å². The largest absolute Gasteiger partial charge is 0.373 e. The summed E-state index contributed by atoms with van der Waals surface area (Å²) in [5.41, 5.74) is 4.86. The molecule has 1 N–H and O–H groups in total. The van der Waals surface area contributed by atoms with Gasteiger partial charge in [-0.3, -0.25) is 0 Å². The number of aromatic nitrogens is 2. The molecule has 3 nitrogen and oxygen atoms in total. The third-order valence-corrected chi connectivity index (χ3v) is 3.76. The van der Waals surface area contributed by atoms with Crippen molar-refractivity contribution in [3.8, 4) is 11.4 Å². The van der Waals surface area contributed by atoms with Crippen LogP contribution in [0.15, 0.2) is 24.3 Å². The molecule has 1 aliphatic carbocycles. The van der Waals surface area contributed by atoms with Gasteiger partial charge in [0.15, 0.2) is 5.82 Å². The second kappa shape index (κ2) is 4.65. The SMILES string of the molecule is CNc1cc(C2CC2)nc(-c2ccc(C)c(C)c2)n1. The van der Waals surface area contributed by atoms with Gasteiger partial charge in [-0.25, -0.2) is 9.97 Å². The zero-order valence-electron chi connectivity index (χ0n) is 11.7. The molecule has 19 heavy (non-hydrogen) atoms. The zero-order chi connectivity index (χ0) is 13.4. The lowest BCUT2D eigenvalue weighted by Gasteiger charge is -2.09. The third-order valence-electron chi connectivity index (χ3n) is 3.76. The molecular formula is C16H19N3. The number of rotatable bonds is 3. The van der Waals surface area contributed by atoms with Crippen LogP contribution in [0.4, 0.5) is 5.82 Å². The van der Waals surface area contributed by atoms with Crippen molar-refractivity contribution in [3.05, 3.63) is 41.1 Å². The van der Waals surface area contributed by atoms with Crippen molar-refractivity contribution >= 4 is 5.82 Å². The van der Waals surface area contributed by atoms with Crippen LogP contribution in [-0.4, -0.2) is 17.0 Å². The molecule has 3 rings (SSSR count). The van der Waals surface area contributed by atoms with Gasteiger partial charge in [-0.15, -0.1) is 0 Å². The summed E-state index contributed by atoms with van der Waals surface area (Å²) in [6.07, 6.45) is 2.51. The fourth-order valence-corrected chi connectivity index (χ4v) is 2.19. The molecule has 0 radical (unpaired) electrons. The predicted octanol–water partition coefficient (Wildman–Crippen LogP) is 3.68. The summed E-state index contributed by atoms with van der Waals surface area (Å²) in [6, 6.07) is 8.48. The molecule has 0 saturated heterocycles. The number of benzene rings is 1. The van der Waals surface area contributed by atoms with Crippen LogP contribution in [-0.2, 0) is 0 Å². The maximum Gasteiger partial charge on any atom is 0.161 e. The molecule has 0 aliphatic heterocycles. The predicted molar refractivity (Wildman–Crippen MR) is 78.5 cm³/mol. The molecule has 1 heterocycles. The first-order chi connectivity index (χ1) is 9.17. The lowest BCUT2D eigenvalue weighted by molar-refractivity contribution is 0.994. The van der Waals surface area contributed by atoms with Crippen LogP contribution in [0.5, 0.6) is 0 Å². The maximum absolute atomic E-state index is 4.73. The van der Waals surface area contributed by atoms with E-state index in [2.05, 4.69) is 48.4 Å². The van der Waals surface area contributed by atoms with Gasteiger partial charge in [0.25, 0.3) is 0 Å². The molecule has 1 aromatic carbocycles. The lowest BCUT2D eigenvalue weighted by Crippen LogP contribution is -2.00. The minimum atomic E-state index is 0.639. The Kier molecular flexibility index (Phi) is 2.97. The Labute approximate surface area is 114 Å². The molecular weight excluding hydrogens is 234 g/mol. The Morgan fingerprint density at radius 3 is 2.47 bits per heavy atom. The van der Waals surface area contributed by atoms with Gasteiger partial charge in [0.1, 0.15) is 5.82 Å². The Hall–Kier alpha value is -1.90. The molecule has 3 heteroatoms. The number of anilines is 1. The van der Waals surface area contributed by atoms with E-state index in [1.807, 2.05) is 7.05 Å². The first-order valence-electron chi connectivity index (χ1n) is 6.81. The van der Waals surface area contributed by atoms with Crippen molar-refractivity contribution in [3.63, 3.8) is 0 Å². The summed E-state index contributed by atoms with van der Waals surface area (Å²) >= 11 is 0. The van der Waals surface area contributed by atoms with Gasteiger partial charge in [-0.05, 0) is 43.9 Å². The highest BCUT2D eigenvalue weighted by Gasteiger charge is 2.26. The number of nitrogens with one attached hydrogen (secondary N) is 1. The smallest absolute Gasteiger partial charge is 0.161 e. The summed E-state index contributed by atoms with van der Waals surface area (Å²) < 4.78 is 0. The van der Waals surface area contributed by atoms with Crippen molar-refractivity contribution in [2.75, 3.05) is 12.4 Å². The summed E-state index contributed by atoms with van der Waals surface area (Å²) in [6.45, 7) is 4.25. The average Bonchev–Trinajstić information content (AvgIpc) is 3.26. The van der Waals surface area contributed by atoms with Gasteiger partial charge < -0.3 is 5.32 Å². The van der Waals surface area contributed by atoms with Crippen LogP contribution in [0.25, 0.3) is 11.4 Å². The number of hydrogen-bond acceptors (Lipinski definition) is 3. The second-order valence-corrected chi connectivity index (χ2v) is 5.32. The Morgan fingerprint density at radius 1 is 1.05 bits per heavy atom. The molecule has 2 aromatic rings. The van der Waals surface area contributed by atoms with Crippen LogP contribution in [0.2, 0.25) is 0 Å². The highest BCUT2D eigenvalue weighted by atomic mass is 15.0. The van der Waals surface area contributed by atoms with Gasteiger partial charge in [0.05, 0.1) is 0 Å². The first kappa shape index (κ1) is 12.2. The maximum atomic E-state index is 4.73. The Balaban J connectivity index is 2.07. The normalized spacial score (nSPS) is 14.5. The second-order valence-electron chi connectivity index (χ2n) is 5.32. The number of aryl methyl sites for hydroxylation is 2. The third kappa shape index (κ3) is 2.46. The topological polar surface area (TPSA) is 37.8 Å². The van der Waals surface area contributed by atoms with E-state index in [4.69, 9.17) is 4.98 Å². The van der Waals surface area contributed by atoms with E-state index in [1.165, 1.54) is 29.7 Å². The van der Waals surface area contributed by atoms with Gasteiger partial charge in [0.2, 0.25) is 0 Å². The van der Waals surface area contributed by atoms with Gasteiger partial charge in [0, 0.05) is 30.3 Å². The van der Waals surface area contributed by atoms with Crippen LogP contribution < -0.4 is 5.32 Å². The standard InChI is InChI=1S/C16H19N3/c1-10-4-5-13(8-11(10)2)16-18-14(12-6-7-12)9-15(17-3)19-16/h4-5,8-9,12H,6-7H2,1-3H3,(H,17,18,19). The molecule has 1 aliphatic rings. The Bertz CT molecular complexity index is 615. The van der Waals surface area contributed by atoms with Crippen molar-refractivity contribution in [1.82, 2.24) is 9.97 Å². The van der Waals surface area contributed by atoms with E-state index in [0.717, 1.165) is 17.2 Å². The molecule has 0 unspecified atom stereocenters. The Morgan fingerprint density at radius 2 is 1.84 bits per heavy atom. The molecule has 0 spiro atoms. The number of hydrogen-bond donors (Lipinski definition) is 1.